The van der Waals surface area contributed by atoms with Gasteiger partial charge in [-0.15, -0.1) is 11.3 Å². The number of methoxy groups -OCH3 is 1. The first kappa shape index (κ1) is 10.4. The number of fused-ring (bicyclic) bond motifs is 1. The predicted octanol–water partition coefficient (Wildman–Crippen LogP) is 2.08. The fraction of sp³-hybridized carbons (Fsp3) is 0.111. The first-order valence-electron chi connectivity index (χ1n) is 4.02. The third-order valence-corrected chi connectivity index (χ3v) is 3.89. The molecule has 0 amide bonds. The molecule has 4 nitrogen and oxygen atoms in total. The smallest absolute Gasteiger partial charge is 0.345 e. The maximum atomic E-state index is 11.5. The number of aromatic nitrogens is 1. The van der Waals surface area contributed by atoms with Gasteiger partial charge in [-0.25, -0.2) is 4.79 Å². The molecule has 0 radical (unpaired) electrons. The van der Waals surface area contributed by atoms with Crippen LogP contribution in [0.5, 0.6) is 0 Å². The highest BCUT2D eigenvalue weighted by molar-refractivity contribution is 9.10. The molecule has 0 aliphatic heterocycles. The Bertz CT molecular complexity index is 537. The summed E-state index contributed by atoms with van der Waals surface area (Å²) < 4.78 is 6.81. The summed E-state index contributed by atoms with van der Waals surface area (Å²) in [6.07, 6.45) is 1.35. The maximum absolute atomic E-state index is 11.5. The van der Waals surface area contributed by atoms with Crippen LogP contribution in [-0.2, 0) is 4.74 Å². The number of carbonyl (C=O) groups excluding carboxylic acids is 1. The van der Waals surface area contributed by atoms with Gasteiger partial charge < -0.3 is 9.94 Å². The Balaban J connectivity index is 2.79. The van der Waals surface area contributed by atoms with Crippen molar-refractivity contribution in [1.29, 1.82) is 0 Å². The number of esters is 1. The van der Waals surface area contributed by atoms with E-state index in [0.29, 0.717) is 15.8 Å². The van der Waals surface area contributed by atoms with Crippen LogP contribution in [0.3, 0.4) is 0 Å². The average molecular weight is 288 g/mol. The van der Waals surface area contributed by atoms with Gasteiger partial charge in [0.2, 0.25) is 0 Å². The maximum Gasteiger partial charge on any atom is 0.345 e. The van der Waals surface area contributed by atoms with E-state index in [0.717, 1.165) is 9.17 Å². The van der Waals surface area contributed by atoms with Crippen LogP contribution in [-0.4, -0.2) is 13.1 Å². The first-order chi connectivity index (χ1) is 7.15. The van der Waals surface area contributed by atoms with Gasteiger partial charge in [0.05, 0.1) is 7.11 Å². The Labute approximate surface area is 97.8 Å². The molecule has 0 unspecified atom stereocenters. The highest BCUT2D eigenvalue weighted by atomic mass is 79.9. The average Bonchev–Trinajstić information content (AvgIpc) is 2.68. The summed E-state index contributed by atoms with van der Waals surface area (Å²) in [4.78, 5) is 11.4. The van der Waals surface area contributed by atoms with Crippen LogP contribution in [0.1, 0.15) is 10.4 Å². The number of nitrogens with zero attached hydrogens (tertiary/aromatic N) is 1. The Morgan fingerprint density at radius 2 is 2.40 bits per heavy atom. The second-order valence-corrected chi connectivity index (χ2v) is 4.54. The largest absolute Gasteiger partial charge is 0.618 e. The third-order valence-electron chi connectivity index (χ3n) is 1.96. The Hall–Kier alpha value is -1.14. The molecule has 0 spiro atoms. The quantitative estimate of drug-likeness (QED) is 0.458. The molecule has 2 heterocycles. The highest BCUT2D eigenvalue weighted by Crippen LogP contribution is 2.29. The van der Waals surface area contributed by atoms with Gasteiger partial charge in [0.1, 0.15) is 10.3 Å². The van der Waals surface area contributed by atoms with Crippen molar-refractivity contribution in [1.82, 2.24) is 0 Å². The number of pyridine rings is 1. The molecule has 0 fully saturated rings. The molecule has 78 valence electrons. The second-order valence-electron chi connectivity index (χ2n) is 2.81. The number of hydrogen-bond donors (Lipinski definition) is 0. The lowest BCUT2D eigenvalue weighted by atomic mass is 10.3. The predicted molar refractivity (Wildman–Crippen MR) is 59.8 cm³/mol. The monoisotopic (exact) mass is 287 g/mol. The van der Waals surface area contributed by atoms with Gasteiger partial charge in [-0.3, -0.25) is 0 Å². The lowest BCUT2D eigenvalue weighted by Gasteiger charge is -2.00. The number of hydrogen-bond acceptors (Lipinski definition) is 4. The minimum atomic E-state index is -0.496. The lowest BCUT2D eigenvalue weighted by Crippen LogP contribution is -2.27. The minimum Gasteiger partial charge on any atom is -0.618 e. The van der Waals surface area contributed by atoms with E-state index in [1.165, 1.54) is 24.6 Å². The zero-order chi connectivity index (χ0) is 11.0. The molecule has 0 atom stereocenters. The molecule has 2 aromatic rings. The van der Waals surface area contributed by atoms with E-state index in [1.807, 2.05) is 0 Å². The second kappa shape index (κ2) is 3.79. The van der Waals surface area contributed by atoms with E-state index in [2.05, 4.69) is 20.7 Å². The number of ether oxygens (including phenoxy) is 1. The molecule has 0 bridgehead atoms. The van der Waals surface area contributed by atoms with Crippen molar-refractivity contribution < 1.29 is 14.3 Å². The van der Waals surface area contributed by atoms with Crippen molar-refractivity contribution in [2.45, 2.75) is 0 Å². The summed E-state index contributed by atoms with van der Waals surface area (Å²) in [6.45, 7) is 0. The summed E-state index contributed by atoms with van der Waals surface area (Å²) >= 11 is 4.65. The van der Waals surface area contributed by atoms with Crippen LogP contribution < -0.4 is 4.73 Å². The van der Waals surface area contributed by atoms with Crippen LogP contribution in [0.4, 0.5) is 0 Å². The SMILES string of the molecule is COC(=O)c1csc2c(Br)cc[n+]([O-])c12. The van der Waals surface area contributed by atoms with Gasteiger partial charge >= 0.3 is 5.97 Å². The van der Waals surface area contributed by atoms with E-state index in [4.69, 9.17) is 0 Å². The summed E-state index contributed by atoms with van der Waals surface area (Å²) in [5.41, 5.74) is 0.648. The zero-order valence-corrected chi connectivity index (χ0v) is 10.1. The minimum absolute atomic E-state index is 0.300. The summed E-state index contributed by atoms with van der Waals surface area (Å²) in [6, 6.07) is 1.65. The van der Waals surface area contributed by atoms with Gasteiger partial charge in [0, 0.05) is 15.9 Å². The molecule has 0 saturated carbocycles. The lowest BCUT2D eigenvalue weighted by molar-refractivity contribution is -0.577. The van der Waals surface area contributed by atoms with Crippen molar-refractivity contribution in [3.8, 4) is 0 Å². The van der Waals surface area contributed by atoms with Crippen LogP contribution in [0.15, 0.2) is 22.1 Å². The standard InChI is InChI=1S/C9H6BrNO3S/c1-14-9(12)5-4-15-8-6(10)2-3-11(13)7(5)8/h2-4H,1H3. The zero-order valence-electron chi connectivity index (χ0n) is 7.69. The molecule has 2 rings (SSSR count). The molecule has 6 heteroatoms. The third kappa shape index (κ3) is 1.59. The first-order valence-corrected chi connectivity index (χ1v) is 5.69. The van der Waals surface area contributed by atoms with Crippen molar-refractivity contribution in [2.75, 3.05) is 7.11 Å². The number of rotatable bonds is 1. The van der Waals surface area contributed by atoms with E-state index >= 15 is 0 Å². The van der Waals surface area contributed by atoms with Crippen LogP contribution in [0, 0.1) is 5.21 Å². The topological polar surface area (TPSA) is 53.2 Å². The highest BCUT2D eigenvalue weighted by Gasteiger charge is 2.21. The summed E-state index contributed by atoms with van der Waals surface area (Å²) in [7, 11) is 1.29. The van der Waals surface area contributed by atoms with Gasteiger partial charge in [-0.1, -0.05) is 0 Å². The number of halogens is 1. The molecule has 15 heavy (non-hydrogen) atoms. The summed E-state index contributed by atoms with van der Waals surface area (Å²) in [5.74, 6) is -0.496. The Kier molecular flexibility index (Phi) is 2.62. The Morgan fingerprint density at radius 1 is 1.67 bits per heavy atom. The Morgan fingerprint density at radius 3 is 3.07 bits per heavy atom. The van der Waals surface area contributed by atoms with Gasteiger partial charge in [0.15, 0.2) is 6.20 Å². The van der Waals surface area contributed by atoms with Crippen LogP contribution >= 0.6 is 27.3 Å². The van der Waals surface area contributed by atoms with Crippen molar-refractivity contribution in [3.05, 3.63) is 32.9 Å². The van der Waals surface area contributed by atoms with E-state index in [9.17, 15) is 10.0 Å². The normalized spacial score (nSPS) is 10.5. The van der Waals surface area contributed by atoms with E-state index < -0.39 is 5.97 Å². The van der Waals surface area contributed by atoms with Crippen molar-refractivity contribution >= 4 is 43.5 Å². The van der Waals surface area contributed by atoms with Gasteiger partial charge in [-0.2, -0.15) is 4.73 Å². The van der Waals surface area contributed by atoms with Crippen molar-refractivity contribution in [3.63, 3.8) is 0 Å². The molecule has 0 N–H and O–H groups in total. The van der Waals surface area contributed by atoms with Crippen LogP contribution in [0.25, 0.3) is 10.2 Å². The van der Waals surface area contributed by atoms with Gasteiger partial charge in [-0.05, 0) is 15.9 Å². The van der Waals surface area contributed by atoms with E-state index in [1.54, 1.807) is 11.4 Å². The molecular formula is C9H6BrNO3S. The summed E-state index contributed by atoms with van der Waals surface area (Å²) in [5, 5.41) is 13.1. The van der Waals surface area contributed by atoms with Crippen LogP contribution in [0.2, 0.25) is 0 Å². The van der Waals surface area contributed by atoms with Crippen molar-refractivity contribution in [2.24, 2.45) is 0 Å². The molecule has 0 aliphatic carbocycles. The molecule has 0 aromatic carbocycles. The van der Waals surface area contributed by atoms with Gasteiger partial charge in [0.25, 0.3) is 5.52 Å². The molecule has 0 saturated heterocycles. The number of carbonyl (C=O) groups is 1. The molecule has 2 aromatic heterocycles. The fourth-order valence-corrected chi connectivity index (χ4v) is 2.80. The number of thiophene rings is 1. The molecular weight excluding hydrogens is 282 g/mol. The van der Waals surface area contributed by atoms with E-state index in [-0.39, 0.29) is 0 Å². The molecule has 0 aliphatic rings. The fourth-order valence-electron chi connectivity index (χ4n) is 1.28.